The van der Waals surface area contributed by atoms with Gasteiger partial charge in [0.05, 0.1) is 11.8 Å². The number of benzene rings is 3. The minimum Gasteiger partial charge on any atom is -0.326 e. The van der Waals surface area contributed by atoms with E-state index in [1.54, 1.807) is 29.3 Å². The van der Waals surface area contributed by atoms with Crippen molar-refractivity contribution in [1.82, 2.24) is 5.01 Å². The highest BCUT2D eigenvalue weighted by atomic mass is 32.2. The summed E-state index contributed by atoms with van der Waals surface area (Å²) in [5, 5.41) is 9.23. The van der Waals surface area contributed by atoms with E-state index in [0.29, 0.717) is 17.3 Å². The maximum atomic E-state index is 13.5. The van der Waals surface area contributed by atoms with E-state index in [4.69, 9.17) is 5.10 Å². The first-order valence-corrected chi connectivity index (χ1v) is 12.2. The molecule has 0 aliphatic carbocycles. The molecule has 8 heteroatoms. The zero-order valence-corrected chi connectivity index (χ0v) is 19.8. The van der Waals surface area contributed by atoms with Gasteiger partial charge in [0.15, 0.2) is 5.17 Å². The molecular weight excluding hydrogens is 463 g/mol. The summed E-state index contributed by atoms with van der Waals surface area (Å²) in [6.45, 7) is 2.03. The van der Waals surface area contributed by atoms with E-state index in [0.717, 1.165) is 22.4 Å². The number of carbonyl (C=O) groups is 2. The molecule has 0 radical (unpaired) electrons. The van der Waals surface area contributed by atoms with Crippen LogP contribution in [0.5, 0.6) is 0 Å². The third-order valence-corrected chi connectivity index (χ3v) is 7.05. The molecule has 5 rings (SSSR count). The molecule has 2 aliphatic rings. The van der Waals surface area contributed by atoms with Crippen LogP contribution in [0.15, 0.2) is 89.0 Å². The van der Waals surface area contributed by atoms with Gasteiger partial charge in [-0.2, -0.15) is 10.1 Å². The van der Waals surface area contributed by atoms with Crippen molar-refractivity contribution < 1.29 is 14.0 Å². The molecule has 2 amide bonds. The van der Waals surface area contributed by atoms with Gasteiger partial charge in [-0.15, -0.1) is 0 Å². The molecule has 0 spiro atoms. The van der Waals surface area contributed by atoms with Crippen molar-refractivity contribution in [3.63, 3.8) is 0 Å². The van der Waals surface area contributed by atoms with Crippen molar-refractivity contribution in [3.05, 3.63) is 101 Å². The number of aliphatic imine (C=N–C) groups is 1. The van der Waals surface area contributed by atoms with E-state index < -0.39 is 5.25 Å². The number of hydrogen-bond acceptors (Lipinski definition) is 5. The predicted molar refractivity (Wildman–Crippen MR) is 137 cm³/mol. The summed E-state index contributed by atoms with van der Waals surface area (Å²) in [5.41, 5.74) is 4.47. The lowest BCUT2D eigenvalue weighted by Gasteiger charge is -2.23. The monoisotopic (exact) mass is 486 g/mol. The summed E-state index contributed by atoms with van der Waals surface area (Å²) in [6.07, 6.45) is 0.602. The van der Waals surface area contributed by atoms with Crippen LogP contribution in [-0.4, -0.2) is 33.0 Å². The molecule has 3 aromatic carbocycles. The number of amides is 2. The van der Waals surface area contributed by atoms with E-state index in [1.807, 2.05) is 49.4 Å². The van der Waals surface area contributed by atoms with E-state index in [9.17, 15) is 14.0 Å². The third kappa shape index (κ3) is 5.17. The number of thioether (sulfide) groups is 1. The highest BCUT2D eigenvalue weighted by Crippen LogP contribution is 2.38. The smallest absolute Gasteiger partial charge is 0.262 e. The molecule has 6 nitrogen and oxygen atoms in total. The lowest BCUT2D eigenvalue weighted by Crippen LogP contribution is -2.25. The predicted octanol–water partition coefficient (Wildman–Crippen LogP) is 5.31. The topological polar surface area (TPSA) is 74.1 Å². The minimum atomic E-state index is -0.613. The molecule has 0 fully saturated rings. The Morgan fingerprint density at radius 1 is 1.06 bits per heavy atom. The zero-order chi connectivity index (χ0) is 24.4. The Bertz CT molecular complexity index is 1310. The summed E-state index contributed by atoms with van der Waals surface area (Å²) >= 11 is 1.25. The van der Waals surface area contributed by atoms with Crippen molar-refractivity contribution >= 4 is 40.1 Å². The van der Waals surface area contributed by atoms with Crippen molar-refractivity contribution in [2.45, 2.75) is 31.1 Å². The quantitative estimate of drug-likeness (QED) is 0.530. The van der Waals surface area contributed by atoms with Crippen LogP contribution in [0.4, 0.5) is 10.1 Å². The number of hydrazone groups is 1. The molecule has 0 saturated carbocycles. The largest absolute Gasteiger partial charge is 0.326 e. The molecular formula is C27H23FN4O2S. The van der Waals surface area contributed by atoms with Gasteiger partial charge < -0.3 is 5.32 Å². The molecule has 0 bridgehead atoms. The average molecular weight is 487 g/mol. The normalized spacial score (nSPS) is 19.5. The van der Waals surface area contributed by atoms with Crippen molar-refractivity contribution in [2.24, 2.45) is 10.1 Å². The summed E-state index contributed by atoms with van der Waals surface area (Å²) in [4.78, 5) is 29.5. The van der Waals surface area contributed by atoms with E-state index >= 15 is 0 Å². The first kappa shape index (κ1) is 23.0. The number of para-hydroxylation sites is 1. The fraction of sp³-hybridized carbons (Fsp3) is 0.185. The number of hydrogen-bond donors (Lipinski definition) is 1. The standard InChI is InChI=1S/C27H23FN4O2S/c1-17-7-9-19(10-8-17)23-15-22(18-11-13-20(28)14-12-18)31-32(23)27-30-26(34)24(35-27)16-25(33)29-21-5-3-2-4-6-21/h2-14,23-24H,15-16H2,1H3,(H,29,33)/t23-,24-/m1/s1. The number of rotatable bonds is 5. The highest BCUT2D eigenvalue weighted by Gasteiger charge is 2.39. The fourth-order valence-electron chi connectivity index (χ4n) is 4.06. The maximum Gasteiger partial charge on any atom is 0.262 e. The number of carbonyl (C=O) groups excluding carboxylic acids is 2. The van der Waals surface area contributed by atoms with E-state index in [-0.39, 0.29) is 30.1 Å². The molecule has 176 valence electrons. The van der Waals surface area contributed by atoms with Gasteiger partial charge in [-0.05, 0) is 42.3 Å². The van der Waals surface area contributed by atoms with E-state index in [2.05, 4.69) is 10.3 Å². The number of aryl methyl sites for hydroxylation is 1. The van der Waals surface area contributed by atoms with Crippen LogP contribution in [0.2, 0.25) is 0 Å². The Morgan fingerprint density at radius 3 is 2.49 bits per heavy atom. The lowest BCUT2D eigenvalue weighted by atomic mass is 9.98. The fourth-order valence-corrected chi connectivity index (χ4v) is 5.12. The molecule has 3 aromatic rings. The van der Waals surface area contributed by atoms with Crippen molar-refractivity contribution in [1.29, 1.82) is 0 Å². The molecule has 35 heavy (non-hydrogen) atoms. The van der Waals surface area contributed by atoms with Gasteiger partial charge in [0.1, 0.15) is 11.1 Å². The van der Waals surface area contributed by atoms with Crippen molar-refractivity contribution in [2.75, 3.05) is 5.32 Å². The summed E-state index contributed by atoms with van der Waals surface area (Å²) in [7, 11) is 0. The number of nitrogens with one attached hydrogen (secondary N) is 1. The Hall–Kier alpha value is -3.78. The van der Waals surface area contributed by atoms with Gasteiger partial charge in [-0.25, -0.2) is 9.40 Å². The second-order valence-electron chi connectivity index (χ2n) is 8.49. The van der Waals surface area contributed by atoms with Crippen LogP contribution in [0, 0.1) is 12.7 Å². The number of anilines is 1. The van der Waals surface area contributed by atoms with Gasteiger partial charge >= 0.3 is 0 Å². The minimum absolute atomic E-state index is 0.0168. The van der Waals surface area contributed by atoms with Crippen molar-refractivity contribution in [3.8, 4) is 0 Å². The second kappa shape index (κ2) is 9.84. The molecule has 0 aromatic heterocycles. The van der Waals surface area contributed by atoms with Gasteiger partial charge in [0.2, 0.25) is 5.91 Å². The number of halogens is 1. The van der Waals surface area contributed by atoms with Gasteiger partial charge in [0.25, 0.3) is 5.91 Å². The zero-order valence-electron chi connectivity index (χ0n) is 19.0. The number of nitrogens with zero attached hydrogens (tertiary/aromatic N) is 3. The van der Waals surface area contributed by atoms with Gasteiger partial charge in [-0.1, -0.05) is 71.9 Å². The van der Waals surface area contributed by atoms with Crippen LogP contribution in [0.25, 0.3) is 0 Å². The molecule has 1 N–H and O–H groups in total. The average Bonchev–Trinajstić information content (AvgIpc) is 3.45. The van der Waals surface area contributed by atoms with Crippen LogP contribution < -0.4 is 5.32 Å². The number of amidine groups is 1. The van der Waals surface area contributed by atoms with Gasteiger partial charge in [-0.3, -0.25) is 9.59 Å². The van der Waals surface area contributed by atoms with Crippen LogP contribution in [0.3, 0.4) is 0 Å². The van der Waals surface area contributed by atoms with Crippen LogP contribution in [0.1, 0.15) is 35.6 Å². The molecule has 2 atom stereocenters. The SMILES string of the molecule is Cc1ccc([C@H]2CC(c3ccc(F)cc3)=NN2C2=NC(=O)[C@@H](CC(=O)Nc3ccccc3)S2)cc1. The lowest BCUT2D eigenvalue weighted by molar-refractivity contribution is -0.121. The first-order valence-electron chi connectivity index (χ1n) is 11.3. The first-order chi connectivity index (χ1) is 17.0. The van der Waals surface area contributed by atoms with E-state index in [1.165, 1.54) is 23.9 Å². The molecule has 0 unspecified atom stereocenters. The second-order valence-corrected chi connectivity index (χ2v) is 9.66. The third-order valence-electron chi connectivity index (χ3n) is 5.90. The summed E-state index contributed by atoms with van der Waals surface area (Å²) < 4.78 is 13.5. The van der Waals surface area contributed by atoms with Gasteiger partial charge in [0, 0.05) is 18.5 Å². The Kier molecular flexibility index (Phi) is 6.46. The summed E-state index contributed by atoms with van der Waals surface area (Å²) in [6, 6.07) is 23.4. The Labute approximate surface area is 207 Å². The molecule has 2 aliphatic heterocycles. The Balaban J connectivity index is 1.36. The highest BCUT2D eigenvalue weighted by molar-refractivity contribution is 8.15. The molecule has 2 heterocycles. The molecule has 0 saturated heterocycles. The van der Waals surface area contributed by atoms with Crippen LogP contribution >= 0.6 is 11.8 Å². The Morgan fingerprint density at radius 2 is 1.77 bits per heavy atom. The maximum absolute atomic E-state index is 13.5. The van der Waals surface area contributed by atoms with Crippen LogP contribution in [-0.2, 0) is 9.59 Å². The summed E-state index contributed by atoms with van der Waals surface area (Å²) in [5.74, 6) is -0.899.